The zero-order chi connectivity index (χ0) is 21.6. The standard InChI is InChI=1S/C20H11Cl2F4N3S/c1-29-19(27-18(28-29)16-13(21)3-2-4-14(16)23)12-9-15(30-17(12)22)10-5-7-11(8-6-10)20(24,25)26/h2-9H,1H3. The van der Waals surface area contributed by atoms with E-state index in [9.17, 15) is 17.6 Å². The maximum Gasteiger partial charge on any atom is 0.416 e. The molecule has 0 aliphatic heterocycles. The highest BCUT2D eigenvalue weighted by Gasteiger charge is 2.30. The lowest BCUT2D eigenvalue weighted by Gasteiger charge is -2.06. The molecule has 0 radical (unpaired) electrons. The summed E-state index contributed by atoms with van der Waals surface area (Å²) in [5.74, 6) is -0.0702. The first-order valence-corrected chi connectivity index (χ1v) is 10.0. The lowest BCUT2D eigenvalue weighted by atomic mass is 10.1. The molecule has 2 heterocycles. The minimum Gasteiger partial charge on any atom is -0.248 e. The molecular weight excluding hydrogens is 461 g/mol. The van der Waals surface area contributed by atoms with Crippen molar-refractivity contribution in [1.29, 1.82) is 0 Å². The molecular formula is C20H11Cl2F4N3S. The molecule has 30 heavy (non-hydrogen) atoms. The van der Waals surface area contributed by atoms with E-state index in [0.717, 1.165) is 12.1 Å². The summed E-state index contributed by atoms with van der Waals surface area (Å²) in [6.07, 6.45) is -4.40. The summed E-state index contributed by atoms with van der Waals surface area (Å²) in [4.78, 5) is 5.05. The topological polar surface area (TPSA) is 30.7 Å². The van der Waals surface area contributed by atoms with Crippen molar-refractivity contribution in [3.05, 3.63) is 69.3 Å². The van der Waals surface area contributed by atoms with Crippen LogP contribution in [0.15, 0.2) is 48.5 Å². The van der Waals surface area contributed by atoms with Gasteiger partial charge in [0.2, 0.25) is 0 Å². The van der Waals surface area contributed by atoms with Crippen molar-refractivity contribution in [2.24, 2.45) is 7.05 Å². The molecule has 0 fully saturated rings. The van der Waals surface area contributed by atoms with Crippen LogP contribution in [-0.4, -0.2) is 14.8 Å². The zero-order valence-corrected chi connectivity index (χ0v) is 17.5. The third kappa shape index (κ3) is 3.82. The van der Waals surface area contributed by atoms with Gasteiger partial charge in [0.15, 0.2) is 11.6 Å². The summed E-state index contributed by atoms with van der Waals surface area (Å²) in [7, 11) is 1.63. The number of aromatic nitrogens is 3. The number of thiophene rings is 1. The lowest BCUT2D eigenvalue weighted by Crippen LogP contribution is -2.03. The monoisotopic (exact) mass is 471 g/mol. The summed E-state index contributed by atoms with van der Waals surface area (Å²) in [6, 6.07) is 10.8. The van der Waals surface area contributed by atoms with Crippen molar-refractivity contribution in [2.75, 3.05) is 0 Å². The predicted octanol–water partition coefficient (Wildman–Crippen LogP) is 7.34. The third-order valence-electron chi connectivity index (χ3n) is 4.37. The Morgan fingerprint density at radius 1 is 1.03 bits per heavy atom. The highest BCUT2D eigenvalue weighted by molar-refractivity contribution is 7.20. The van der Waals surface area contributed by atoms with E-state index in [-0.39, 0.29) is 16.4 Å². The first-order valence-electron chi connectivity index (χ1n) is 8.48. The Labute approximate surface area is 182 Å². The van der Waals surface area contributed by atoms with Gasteiger partial charge in [-0.1, -0.05) is 41.4 Å². The normalized spacial score (nSPS) is 11.8. The Balaban J connectivity index is 1.73. The molecule has 154 valence electrons. The summed E-state index contributed by atoms with van der Waals surface area (Å²) in [5.41, 5.74) is 0.468. The van der Waals surface area contributed by atoms with Gasteiger partial charge in [-0.2, -0.15) is 18.3 Å². The number of hydrogen-bond donors (Lipinski definition) is 0. The van der Waals surface area contributed by atoms with E-state index in [1.807, 2.05) is 0 Å². The van der Waals surface area contributed by atoms with E-state index < -0.39 is 17.6 Å². The summed E-state index contributed by atoms with van der Waals surface area (Å²) >= 11 is 13.7. The molecule has 10 heteroatoms. The van der Waals surface area contributed by atoms with Gasteiger partial charge >= 0.3 is 6.18 Å². The molecule has 0 spiro atoms. The number of rotatable bonds is 3. The maximum absolute atomic E-state index is 14.2. The lowest BCUT2D eigenvalue weighted by molar-refractivity contribution is -0.137. The van der Waals surface area contributed by atoms with Crippen LogP contribution in [0.2, 0.25) is 9.36 Å². The molecule has 4 aromatic rings. The van der Waals surface area contributed by atoms with Gasteiger partial charge in [-0.25, -0.2) is 14.1 Å². The quantitative estimate of drug-likeness (QED) is 0.292. The number of benzene rings is 2. The SMILES string of the molecule is Cn1nc(-c2c(F)cccc2Cl)nc1-c1cc(-c2ccc(C(F)(F)F)cc2)sc1Cl. The van der Waals surface area contributed by atoms with Gasteiger partial charge < -0.3 is 0 Å². The van der Waals surface area contributed by atoms with Crippen LogP contribution in [0.3, 0.4) is 0 Å². The minimum absolute atomic E-state index is 0.0790. The fourth-order valence-electron chi connectivity index (χ4n) is 2.92. The van der Waals surface area contributed by atoms with Crippen LogP contribution in [0.4, 0.5) is 17.6 Å². The van der Waals surface area contributed by atoms with E-state index in [1.54, 1.807) is 13.1 Å². The fraction of sp³-hybridized carbons (Fsp3) is 0.100. The first-order chi connectivity index (χ1) is 14.1. The van der Waals surface area contributed by atoms with Crippen molar-refractivity contribution in [2.45, 2.75) is 6.18 Å². The molecule has 0 saturated carbocycles. The molecule has 4 rings (SSSR count). The molecule has 2 aromatic carbocycles. The van der Waals surface area contributed by atoms with Crippen LogP contribution >= 0.6 is 34.5 Å². The molecule has 0 bridgehead atoms. The summed E-state index contributed by atoms with van der Waals surface area (Å²) in [5, 5.41) is 4.42. The second-order valence-corrected chi connectivity index (χ2v) is 8.41. The van der Waals surface area contributed by atoms with E-state index >= 15 is 0 Å². The maximum atomic E-state index is 14.2. The van der Waals surface area contributed by atoms with Crippen molar-refractivity contribution >= 4 is 34.5 Å². The smallest absolute Gasteiger partial charge is 0.248 e. The molecule has 0 aliphatic carbocycles. The Bertz CT molecular complexity index is 1210. The van der Waals surface area contributed by atoms with Gasteiger partial charge in [0.25, 0.3) is 0 Å². The first kappa shape index (κ1) is 20.8. The summed E-state index contributed by atoms with van der Waals surface area (Å²) < 4.78 is 54.4. The van der Waals surface area contributed by atoms with Crippen molar-refractivity contribution in [3.63, 3.8) is 0 Å². The highest BCUT2D eigenvalue weighted by atomic mass is 35.5. The Hall–Kier alpha value is -2.42. The van der Waals surface area contributed by atoms with Gasteiger partial charge in [0.1, 0.15) is 10.2 Å². The van der Waals surface area contributed by atoms with E-state index in [2.05, 4.69) is 10.1 Å². The van der Waals surface area contributed by atoms with Crippen molar-refractivity contribution in [3.8, 4) is 33.2 Å². The number of halogens is 6. The predicted molar refractivity (Wildman–Crippen MR) is 110 cm³/mol. The number of alkyl halides is 3. The van der Waals surface area contributed by atoms with E-state index in [4.69, 9.17) is 23.2 Å². The van der Waals surface area contributed by atoms with Gasteiger partial charge in [0.05, 0.1) is 16.1 Å². The van der Waals surface area contributed by atoms with Crippen LogP contribution in [0, 0.1) is 5.82 Å². The van der Waals surface area contributed by atoms with Gasteiger partial charge in [0, 0.05) is 17.5 Å². The molecule has 0 saturated heterocycles. The molecule has 0 aliphatic rings. The average Bonchev–Trinajstić information content (AvgIpc) is 3.23. The minimum atomic E-state index is -4.40. The Kier molecular flexibility index (Phi) is 5.34. The molecule has 2 aromatic heterocycles. The Morgan fingerprint density at radius 2 is 1.73 bits per heavy atom. The van der Waals surface area contributed by atoms with Crippen LogP contribution in [-0.2, 0) is 13.2 Å². The average molecular weight is 472 g/mol. The van der Waals surface area contributed by atoms with E-state index in [1.165, 1.54) is 46.4 Å². The number of hydrogen-bond acceptors (Lipinski definition) is 3. The molecule has 3 nitrogen and oxygen atoms in total. The van der Waals surface area contributed by atoms with Gasteiger partial charge in [-0.3, -0.25) is 0 Å². The highest BCUT2D eigenvalue weighted by Crippen LogP contribution is 2.41. The third-order valence-corrected chi connectivity index (χ3v) is 6.10. The van der Waals surface area contributed by atoms with E-state index in [0.29, 0.717) is 26.2 Å². The van der Waals surface area contributed by atoms with Crippen molar-refractivity contribution < 1.29 is 17.6 Å². The fourth-order valence-corrected chi connectivity index (χ4v) is 4.44. The molecule has 0 N–H and O–H groups in total. The molecule has 0 unspecified atom stereocenters. The Morgan fingerprint density at radius 3 is 2.37 bits per heavy atom. The van der Waals surface area contributed by atoms with Crippen LogP contribution in [0.5, 0.6) is 0 Å². The largest absolute Gasteiger partial charge is 0.416 e. The van der Waals surface area contributed by atoms with Crippen LogP contribution in [0.1, 0.15) is 5.56 Å². The number of nitrogens with zero attached hydrogens (tertiary/aromatic N) is 3. The molecule has 0 amide bonds. The van der Waals surface area contributed by atoms with Gasteiger partial charge in [-0.05, 0) is 35.9 Å². The number of aryl methyl sites for hydroxylation is 1. The zero-order valence-electron chi connectivity index (χ0n) is 15.1. The van der Waals surface area contributed by atoms with Gasteiger partial charge in [-0.15, -0.1) is 11.3 Å². The van der Waals surface area contributed by atoms with Crippen LogP contribution in [0.25, 0.3) is 33.2 Å². The van der Waals surface area contributed by atoms with Crippen molar-refractivity contribution in [1.82, 2.24) is 14.8 Å². The molecule has 0 atom stereocenters. The second kappa shape index (κ2) is 7.68. The summed E-state index contributed by atoms with van der Waals surface area (Å²) in [6.45, 7) is 0. The second-order valence-electron chi connectivity index (χ2n) is 6.35. The van der Waals surface area contributed by atoms with Crippen LogP contribution < -0.4 is 0 Å².